The average Bonchev–Trinajstić information content (AvgIpc) is 3.16. The van der Waals surface area contributed by atoms with Crippen LogP contribution in [-0.2, 0) is 4.74 Å². The molecule has 0 aromatic heterocycles. The van der Waals surface area contributed by atoms with E-state index in [4.69, 9.17) is 16.3 Å². The molecule has 0 radical (unpaired) electrons. The largest absolute Gasteiger partial charge is 0.448 e. The molecule has 0 bridgehead atoms. The number of hydrogen-bond acceptors (Lipinski definition) is 4. The number of halogens is 2. The van der Waals surface area contributed by atoms with E-state index in [1.807, 2.05) is 24.3 Å². The Hall–Kier alpha value is -2.02. The lowest BCUT2D eigenvalue weighted by molar-refractivity contribution is 0.152. The van der Waals surface area contributed by atoms with Gasteiger partial charge in [-0.1, -0.05) is 35.0 Å². The molecule has 2 aromatic carbocycles. The van der Waals surface area contributed by atoms with Crippen molar-refractivity contribution in [3.63, 3.8) is 0 Å². The number of fused-ring (bicyclic) bond motifs is 2. The number of benzene rings is 2. The fraction of sp³-hybridized carbons (Fsp3) is 0.348. The maximum atomic E-state index is 13.9. The van der Waals surface area contributed by atoms with Crippen LogP contribution in [0.4, 0.5) is 9.18 Å². The third-order valence-corrected chi connectivity index (χ3v) is 7.36. The summed E-state index contributed by atoms with van der Waals surface area (Å²) < 4.78 is 18.9. The number of amides is 1. The third kappa shape index (κ3) is 3.84. The first-order valence-corrected chi connectivity index (χ1v) is 11.4. The van der Waals surface area contributed by atoms with E-state index in [1.54, 1.807) is 28.8 Å². The summed E-state index contributed by atoms with van der Waals surface area (Å²) in [7, 11) is 0. The molecule has 0 N–H and O–H groups in total. The topological polar surface area (TPSA) is 32.8 Å². The molecule has 3 heterocycles. The van der Waals surface area contributed by atoms with Gasteiger partial charge in [-0.15, -0.1) is 0 Å². The SMILES string of the molecule is O=C1OCCN1CCN1CCC(=C2c3ccc(F)cc3Sc3ccc(Cl)cc32)CC1. The normalized spacial score (nSPS) is 19.0. The van der Waals surface area contributed by atoms with E-state index in [-0.39, 0.29) is 11.9 Å². The standard InChI is InChI=1S/C23H22ClFN2O2S/c24-16-1-4-20-19(13-16)22(18-3-2-17(25)14-21(18)30-20)15-5-7-26(8-6-15)9-10-27-11-12-29-23(27)28/h1-4,13-14H,5-12H2. The van der Waals surface area contributed by atoms with Crippen LogP contribution in [0.2, 0.25) is 5.02 Å². The molecule has 3 aliphatic heterocycles. The van der Waals surface area contributed by atoms with Crippen LogP contribution in [0.25, 0.3) is 5.57 Å². The van der Waals surface area contributed by atoms with Crippen LogP contribution in [0.1, 0.15) is 24.0 Å². The van der Waals surface area contributed by atoms with E-state index in [0.29, 0.717) is 24.7 Å². The number of carbonyl (C=O) groups excluding carboxylic acids is 1. The number of ether oxygens (including phenoxy) is 1. The van der Waals surface area contributed by atoms with Crippen molar-refractivity contribution in [2.24, 2.45) is 0 Å². The maximum absolute atomic E-state index is 13.9. The van der Waals surface area contributed by atoms with E-state index >= 15 is 0 Å². The fourth-order valence-electron chi connectivity index (χ4n) is 4.41. The zero-order valence-electron chi connectivity index (χ0n) is 16.5. The van der Waals surface area contributed by atoms with Crippen molar-refractivity contribution < 1.29 is 13.9 Å². The van der Waals surface area contributed by atoms with E-state index in [1.165, 1.54) is 11.1 Å². The molecule has 2 saturated heterocycles. The molecule has 0 saturated carbocycles. The number of cyclic esters (lactones) is 1. The zero-order valence-corrected chi connectivity index (χ0v) is 18.1. The van der Waals surface area contributed by atoms with Gasteiger partial charge >= 0.3 is 6.09 Å². The van der Waals surface area contributed by atoms with E-state index in [0.717, 1.165) is 53.4 Å². The quantitative estimate of drug-likeness (QED) is 0.549. The Morgan fingerprint density at radius 2 is 1.83 bits per heavy atom. The van der Waals surface area contributed by atoms with Crippen molar-refractivity contribution in [2.45, 2.75) is 22.6 Å². The highest BCUT2D eigenvalue weighted by molar-refractivity contribution is 7.99. The first-order chi connectivity index (χ1) is 14.6. The van der Waals surface area contributed by atoms with Gasteiger partial charge in [0.1, 0.15) is 12.4 Å². The van der Waals surface area contributed by atoms with Crippen LogP contribution < -0.4 is 0 Å². The molecule has 2 aromatic rings. The first-order valence-electron chi connectivity index (χ1n) is 10.2. The molecule has 0 spiro atoms. The fourth-order valence-corrected chi connectivity index (χ4v) is 5.67. The molecule has 30 heavy (non-hydrogen) atoms. The van der Waals surface area contributed by atoms with Crippen molar-refractivity contribution in [2.75, 3.05) is 39.3 Å². The second kappa shape index (κ2) is 8.25. The zero-order chi connectivity index (χ0) is 20.7. The predicted molar refractivity (Wildman–Crippen MR) is 117 cm³/mol. The summed E-state index contributed by atoms with van der Waals surface area (Å²) in [5.41, 5.74) is 4.85. The Morgan fingerprint density at radius 1 is 1.00 bits per heavy atom. The number of hydrogen-bond donors (Lipinski definition) is 0. The van der Waals surface area contributed by atoms with Gasteiger partial charge in [0.05, 0.1) is 6.54 Å². The van der Waals surface area contributed by atoms with Crippen LogP contribution in [0.3, 0.4) is 0 Å². The van der Waals surface area contributed by atoms with Gasteiger partial charge in [-0.25, -0.2) is 9.18 Å². The second-order valence-electron chi connectivity index (χ2n) is 7.80. The van der Waals surface area contributed by atoms with Gasteiger partial charge < -0.3 is 14.5 Å². The highest BCUT2D eigenvalue weighted by Crippen LogP contribution is 2.48. The summed E-state index contributed by atoms with van der Waals surface area (Å²) in [4.78, 5) is 17.9. The molecule has 5 rings (SSSR count). The van der Waals surface area contributed by atoms with Crippen LogP contribution in [-0.4, -0.2) is 55.2 Å². The minimum Gasteiger partial charge on any atom is -0.448 e. The lowest BCUT2D eigenvalue weighted by Gasteiger charge is -2.32. The Kier molecular flexibility index (Phi) is 5.48. The van der Waals surface area contributed by atoms with Gasteiger partial charge in [-0.05, 0) is 59.9 Å². The van der Waals surface area contributed by atoms with Gasteiger partial charge in [0.25, 0.3) is 0 Å². The van der Waals surface area contributed by atoms with Gasteiger partial charge in [0.15, 0.2) is 0 Å². The van der Waals surface area contributed by atoms with Crippen molar-refractivity contribution in [1.82, 2.24) is 9.80 Å². The molecule has 7 heteroatoms. The maximum Gasteiger partial charge on any atom is 0.409 e. The Bertz CT molecular complexity index is 1030. The number of nitrogens with zero attached hydrogens (tertiary/aromatic N) is 2. The number of likely N-dealkylation sites (tertiary alicyclic amines) is 1. The second-order valence-corrected chi connectivity index (χ2v) is 9.32. The van der Waals surface area contributed by atoms with Crippen molar-refractivity contribution >= 4 is 35.0 Å². The molecule has 3 aliphatic rings. The van der Waals surface area contributed by atoms with E-state index in [2.05, 4.69) is 4.90 Å². The number of piperidine rings is 1. The highest BCUT2D eigenvalue weighted by Gasteiger charge is 2.27. The van der Waals surface area contributed by atoms with E-state index < -0.39 is 0 Å². The summed E-state index contributed by atoms with van der Waals surface area (Å²) in [6.07, 6.45) is 1.70. The smallest absolute Gasteiger partial charge is 0.409 e. The van der Waals surface area contributed by atoms with Gasteiger partial charge in [0, 0.05) is 41.0 Å². The average molecular weight is 445 g/mol. The number of rotatable bonds is 3. The van der Waals surface area contributed by atoms with Gasteiger partial charge in [-0.3, -0.25) is 0 Å². The van der Waals surface area contributed by atoms with Crippen molar-refractivity contribution in [3.8, 4) is 0 Å². The molecular weight excluding hydrogens is 423 g/mol. The summed E-state index contributed by atoms with van der Waals surface area (Å²) >= 11 is 7.93. The van der Waals surface area contributed by atoms with Crippen molar-refractivity contribution in [3.05, 3.63) is 63.9 Å². The lowest BCUT2D eigenvalue weighted by atomic mass is 9.88. The molecule has 4 nitrogen and oxygen atoms in total. The summed E-state index contributed by atoms with van der Waals surface area (Å²) in [6.45, 7) is 4.64. The minimum atomic E-state index is -0.210. The molecule has 0 atom stereocenters. The molecular formula is C23H22ClFN2O2S. The Morgan fingerprint density at radius 3 is 2.60 bits per heavy atom. The summed E-state index contributed by atoms with van der Waals surface area (Å²) in [5, 5.41) is 0.716. The predicted octanol–water partition coefficient (Wildman–Crippen LogP) is 5.29. The van der Waals surface area contributed by atoms with Crippen molar-refractivity contribution in [1.29, 1.82) is 0 Å². The number of carbonyl (C=O) groups is 1. The monoisotopic (exact) mass is 444 g/mol. The highest BCUT2D eigenvalue weighted by atomic mass is 35.5. The van der Waals surface area contributed by atoms with Gasteiger partial charge in [0.2, 0.25) is 0 Å². The molecule has 156 valence electrons. The van der Waals surface area contributed by atoms with Crippen LogP contribution in [0.15, 0.2) is 51.8 Å². The Labute approximate surface area is 184 Å². The van der Waals surface area contributed by atoms with Crippen LogP contribution in [0.5, 0.6) is 0 Å². The van der Waals surface area contributed by atoms with E-state index in [9.17, 15) is 9.18 Å². The van der Waals surface area contributed by atoms with Crippen LogP contribution in [0, 0.1) is 5.82 Å². The molecule has 0 unspecified atom stereocenters. The Balaban J connectivity index is 1.39. The third-order valence-electron chi connectivity index (χ3n) is 5.99. The minimum absolute atomic E-state index is 0.202. The molecule has 1 amide bonds. The van der Waals surface area contributed by atoms with Gasteiger partial charge in [-0.2, -0.15) is 0 Å². The first kappa shape index (κ1) is 19.9. The summed E-state index contributed by atoms with van der Waals surface area (Å²) in [5.74, 6) is -0.210. The lowest BCUT2D eigenvalue weighted by Crippen LogP contribution is -2.38. The summed E-state index contributed by atoms with van der Waals surface area (Å²) in [6, 6.07) is 11.0. The van der Waals surface area contributed by atoms with Crippen LogP contribution >= 0.6 is 23.4 Å². The molecule has 2 fully saturated rings. The molecule has 0 aliphatic carbocycles.